The largest absolute Gasteiger partial charge is 0.340 e. The third-order valence-corrected chi connectivity index (χ3v) is 7.35. The third kappa shape index (κ3) is 4.21. The van der Waals surface area contributed by atoms with Crippen LogP contribution in [0.3, 0.4) is 0 Å². The van der Waals surface area contributed by atoms with Gasteiger partial charge in [0, 0.05) is 26.2 Å². The second-order valence-electron chi connectivity index (χ2n) is 7.47. The lowest BCUT2D eigenvalue weighted by molar-refractivity contribution is -0.131. The molecule has 2 aromatic carbocycles. The molecule has 2 heterocycles. The SMILES string of the molecule is O=C(Cn1[nH]c(=O)c2ccccc2c1=O)N1CCCN(S(=O)(=O)c2ccc(F)cc2)CC1. The lowest BCUT2D eigenvalue weighted by atomic mass is 10.2. The second-order valence-corrected chi connectivity index (χ2v) is 9.41. The molecule has 0 bridgehead atoms. The second kappa shape index (κ2) is 8.67. The van der Waals surface area contributed by atoms with E-state index in [2.05, 4.69) is 5.10 Å². The number of aromatic amines is 1. The highest BCUT2D eigenvalue weighted by atomic mass is 32.2. The number of fused-ring (bicyclic) bond motifs is 1. The van der Waals surface area contributed by atoms with Gasteiger partial charge in [0.05, 0.1) is 15.7 Å². The highest BCUT2D eigenvalue weighted by Gasteiger charge is 2.28. The van der Waals surface area contributed by atoms with Crippen molar-refractivity contribution in [3.63, 3.8) is 0 Å². The number of amides is 1. The van der Waals surface area contributed by atoms with Gasteiger partial charge in [-0.05, 0) is 42.8 Å². The summed E-state index contributed by atoms with van der Waals surface area (Å²) in [5, 5.41) is 2.89. The fraction of sp³-hybridized carbons (Fsp3) is 0.286. The predicted molar refractivity (Wildman–Crippen MR) is 115 cm³/mol. The van der Waals surface area contributed by atoms with Crippen molar-refractivity contribution in [1.82, 2.24) is 19.0 Å². The molecule has 11 heteroatoms. The minimum Gasteiger partial charge on any atom is -0.340 e. The van der Waals surface area contributed by atoms with E-state index in [9.17, 15) is 27.2 Å². The summed E-state index contributed by atoms with van der Waals surface area (Å²) < 4.78 is 41.1. The van der Waals surface area contributed by atoms with E-state index in [0.29, 0.717) is 13.0 Å². The lowest BCUT2D eigenvalue weighted by Gasteiger charge is -2.22. The molecule has 168 valence electrons. The van der Waals surface area contributed by atoms with E-state index in [-0.39, 0.29) is 41.8 Å². The number of hydrogen-bond acceptors (Lipinski definition) is 5. The fourth-order valence-electron chi connectivity index (χ4n) is 3.73. The number of carbonyl (C=O) groups excluding carboxylic acids is 1. The number of nitrogens with one attached hydrogen (secondary N) is 1. The number of H-pyrrole nitrogens is 1. The van der Waals surface area contributed by atoms with E-state index in [1.165, 1.54) is 33.5 Å². The summed E-state index contributed by atoms with van der Waals surface area (Å²) >= 11 is 0. The quantitative estimate of drug-likeness (QED) is 0.618. The van der Waals surface area contributed by atoms with E-state index >= 15 is 0 Å². The van der Waals surface area contributed by atoms with Gasteiger partial charge >= 0.3 is 0 Å². The molecule has 9 nitrogen and oxygen atoms in total. The Morgan fingerprint density at radius 2 is 1.62 bits per heavy atom. The van der Waals surface area contributed by atoms with Crippen LogP contribution in [0.2, 0.25) is 0 Å². The Balaban J connectivity index is 1.49. The van der Waals surface area contributed by atoms with Gasteiger partial charge in [-0.3, -0.25) is 19.5 Å². The normalized spacial score (nSPS) is 15.6. The molecule has 0 unspecified atom stereocenters. The summed E-state index contributed by atoms with van der Waals surface area (Å²) in [6.07, 6.45) is 0.398. The van der Waals surface area contributed by atoms with Crippen LogP contribution in [0, 0.1) is 5.82 Å². The van der Waals surface area contributed by atoms with E-state index in [4.69, 9.17) is 0 Å². The van der Waals surface area contributed by atoms with E-state index < -0.39 is 32.9 Å². The molecule has 1 N–H and O–H groups in total. The van der Waals surface area contributed by atoms with Crippen molar-refractivity contribution in [2.75, 3.05) is 26.2 Å². The van der Waals surface area contributed by atoms with Gasteiger partial charge in [0.2, 0.25) is 15.9 Å². The van der Waals surface area contributed by atoms with Crippen LogP contribution in [0.5, 0.6) is 0 Å². The maximum absolute atomic E-state index is 13.1. The first kappa shape index (κ1) is 21.9. The van der Waals surface area contributed by atoms with E-state index in [1.807, 2.05) is 0 Å². The van der Waals surface area contributed by atoms with Gasteiger partial charge in [0.15, 0.2) is 0 Å². The maximum Gasteiger partial charge on any atom is 0.273 e. The number of nitrogens with zero attached hydrogens (tertiary/aromatic N) is 3. The van der Waals surface area contributed by atoms with Crippen LogP contribution in [0.4, 0.5) is 4.39 Å². The molecule has 1 amide bonds. The Hall–Kier alpha value is -3.31. The molecule has 0 saturated carbocycles. The topological polar surface area (TPSA) is 113 Å². The monoisotopic (exact) mass is 460 g/mol. The molecule has 1 aliphatic rings. The summed E-state index contributed by atoms with van der Waals surface area (Å²) in [7, 11) is -3.82. The zero-order valence-corrected chi connectivity index (χ0v) is 17.8. The third-order valence-electron chi connectivity index (χ3n) is 5.44. The molecule has 1 saturated heterocycles. The molecule has 0 atom stereocenters. The highest BCUT2D eigenvalue weighted by molar-refractivity contribution is 7.89. The van der Waals surface area contributed by atoms with Gasteiger partial charge in [-0.1, -0.05) is 12.1 Å². The first-order valence-electron chi connectivity index (χ1n) is 10.0. The van der Waals surface area contributed by atoms with Crippen LogP contribution in [0.1, 0.15) is 6.42 Å². The number of hydrogen-bond donors (Lipinski definition) is 1. The minimum absolute atomic E-state index is 0.0148. The van der Waals surface area contributed by atoms with Crippen LogP contribution in [-0.4, -0.2) is 59.5 Å². The Kier molecular flexibility index (Phi) is 5.94. The first-order valence-corrected chi connectivity index (χ1v) is 11.5. The zero-order chi connectivity index (χ0) is 22.9. The van der Waals surface area contributed by atoms with Gasteiger partial charge in [-0.15, -0.1) is 0 Å². The van der Waals surface area contributed by atoms with Crippen molar-refractivity contribution < 1.29 is 17.6 Å². The Bertz CT molecular complexity index is 1380. The summed E-state index contributed by atoms with van der Waals surface area (Å²) in [4.78, 5) is 39.2. The molecule has 1 aliphatic heterocycles. The van der Waals surface area contributed by atoms with Crippen LogP contribution >= 0.6 is 0 Å². The molecule has 1 fully saturated rings. The van der Waals surface area contributed by atoms with Crippen molar-refractivity contribution in [2.45, 2.75) is 17.9 Å². The van der Waals surface area contributed by atoms with Crippen LogP contribution < -0.4 is 11.1 Å². The summed E-state index contributed by atoms with van der Waals surface area (Å²) in [5.74, 6) is -0.933. The molecule has 0 spiro atoms. The van der Waals surface area contributed by atoms with Gasteiger partial charge in [-0.25, -0.2) is 17.5 Å². The summed E-state index contributed by atoms with van der Waals surface area (Å²) in [5.41, 5.74) is -0.954. The zero-order valence-electron chi connectivity index (χ0n) is 17.0. The van der Waals surface area contributed by atoms with Gasteiger partial charge < -0.3 is 4.90 Å². The number of halogens is 1. The smallest absolute Gasteiger partial charge is 0.273 e. The average Bonchev–Trinajstić information content (AvgIpc) is 3.05. The van der Waals surface area contributed by atoms with Gasteiger partial charge in [0.1, 0.15) is 12.4 Å². The standard InChI is InChI=1S/C21H21FN4O5S/c22-15-6-8-16(9-7-15)32(30,31)25-11-3-10-24(12-13-25)19(27)14-26-21(29)18-5-2-1-4-17(18)20(28)23-26/h1-2,4-9H,3,10-14H2,(H,23,28). The van der Waals surface area contributed by atoms with Crippen molar-refractivity contribution in [1.29, 1.82) is 0 Å². The number of benzene rings is 2. The van der Waals surface area contributed by atoms with E-state index in [0.717, 1.165) is 16.8 Å². The summed E-state index contributed by atoms with van der Waals surface area (Å²) in [6, 6.07) is 10.9. The lowest BCUT2D eigenvalue weighted by Crippen LogP contribution is -2.41. The van der Waals surface area contributed by atoms with Crippen LogP contribution in [0.15, 0.2) is 63.0 Å². The number of sulfonamides is 1. The molecule has 4 rings (SSSR count). The highest BCUT2D eigenvalue weighted by Crippen LogP contribution is 2.18. The van der Waals surface area contributed by atoms with Crippen molar-refractivity contribution in [3.8, 4) is 0 Å². The van der Waals surface area contributed by atoms with E-state index in [1.54, 1.807) is 12.1 Å². The Morgan fingerprint density at radius 1 is 0.938 bits per heavy atom. The van der Waals surface area contributed by atoms with Crippen LogP contribution in [0.25, 0.3) is 10.8 Å². The Labute approximate surface area is 182 Å². The fourth-order valence-corrected chi connectivity index (χ4v) is 5.20. The number of rotatable bonds is 4. The molecular weight excluding hydrogens is 439 g/mol. The van der Waals surface area contributed by atoms with Crippen molar-refractivity contribution in [2.24, 2.45) is 0 Å². The van der Waals surface area contributed by atoms with Gasteiger partial charge in [-0.2, -0.15) is 4.31 Å². The predicted octanol–water partition coefficient (Wildman–Crippen LogP) is 0.752. The van der Waals surface area contributed by atoms with Crippen LogP contribution in [-0.2, 0) is 21.4 Å². The van der Waals surface area contributed by atoms with Crippen molar-refractivity contribution >= 4 is 26.7 Å². The molecule has 32 heavy (non-hydrogen) atoms. The number of carbonyl (C=O) groups is 1. The first-order chi connectivity index (χ1) is 15.3. The molecule has 0 aliphatic carbocycles. The molecule has 0 radical (unpaired) electrons. The minimum atomic E-state index is -3.82. The summed E-state index contributed by atoms with van der Waals surface area (Å²) in [6.45, 7) is 0.348. The molecule has 3 aromatic rings. The van der Waals surface area contributed by atoms with Gasteiger partial charge in [0.25, 0.3) is 11.1 Å². The van der Waals surface area contributed by atoms with Crippen molar-refractivity contribution in [3.05, 3.63) is 75.1 Å². The molecule has 1 aromatic heterocycles. The average molecular weight is 460 g/mol. The number of aromatic nitrogens is 2. The maximum atomic E-state index is 13.1. The Morgan fingerprint density at radius 3 is 2.34 bits per heavy atom. The molecular formula is C21H21FN4O5S.